The molecule has 0 aromatic heterocycles. The molecule has 8 nitrogen and oxygen atoms in total. The highest BCUT2D eigenvalue weighted by atomic mass is 16.5. The number of hydrogen-bond acceptors (Lipinski definition) is 5. The molecule has 0 saturated carbocycles. The van der Waals surface area contributed by atoms with Gasteiger partial charge >= 0.3 is 12.1 Å². The van der Waals surface area contributed by atoms with Gasteiger partial charge in [0.1, 0.15) is 18.2 Å². The quantitative estimate of drug-likeness (QED) is 0.414. The molecular weight excluding hydrogens is 506 g/mol. The van der Waals surface area contributed by atoms with Crippen molar-refractivity contribution >= 4 is 18.0 Å². The first kappa shape index (κ1) is 27.4. The van der Waals surface area contributed by atoms with Crippen molar-refractivity contribution in [3.63, 3.8) is 0 Å². The molecule has 5 rings (SSSR count). The van der Waals surface area contributed by atoms with E-state index in [0.29, 0.717) is 19.5 Å². The third-order valence-electron chi connectivity index (χ3n) is 8.12. The zero-order valence-corrected chi connectivity index (χ0v) is 22.9. The summed E-state index contributed by atoms with van der Waals surface area (Å²) in [4.78, 5) is 42.5. The molecule has 2 aliphatic rings. The van der Waals surface area contributed by atoms with Gasteiger partial charge in [0.05, 0.1) is 0 Å². The molecule has 3 aromatic carbocycles. The molecule has 2 amide bonds. The average molecular weight is 542 g/mol. The van der Waals surface area contributed by atoms with E-state index in [2.05, 4.69) is 34.5 Å². The minimum atomic E-state index is -1.29. The smallest absolute Gasteiger partial charge is 0.408 e. The first-order chi connectivity index (χ1) is 19.3. The Morgan fingerprint density at radius 3 is 2.20 bits per heavy atom. The van der Waals surface area contributed by atoms with Gasteiger partial charge in [-0.15, -0.1) is 0 Å². The van der Waals surface area contributed by atoms with Crippen LogP contribution in [0.2, 0.25) is 0 Å². The van der Waals surface area contributed by atoms with Gasteiger partial charge in [0.15, 0.2) is 0 Å². The largest absolute Gasteiger partial charge is 0.480 e. The zero-order valence-electron chi connectivity index (χ0n) is 22.9. The molecule has 2 unspecified atom stereocenters. The monoisotopic (exact) mass is 541 g/mol. The Morgan fingerprint density at radius 2 is 1.60 bits per heavy atom. The summed E-state index contributed by atoms with van der Waals surface area (Å²) in [6, 6.07) is 25.1. The number of carbonyl (C=O) groups excluding carboxylic acids is 2. The van der Waals surface area contributed by atoms with Crippen LogP contribution < -0.4 is 5.32 Å². The maximum Gasteiger partial charge on any atom is 0.408 e. The van der Waals surface area contributed by atoms with Crippen LogP contribution in [0.15, 0.2) is 78.9 Å². The Balaban J connectivity index is 1.35. The zero-order chi connectivity index (χ0) is 28.3. The van der Waals surface area contributed by atoms with E-state index in [1.807, 2.05) is 54.6 Å². The van der Waals surface area contributed by atoms with E-state index in [-0.39, 0.29) is 25.6 Å². The summed E-state index contributed by atoms with van der Waals surface area (Å²) in [5, 5.41) is 12.5. The second-order valence-corrected chi connectivity index (χ2v) is 10.6. The summed E-state index contributed by atoms with van der Waals surface area (Å²) in [5.41, 5.74) is 4.27. The molecule has 3 aromatic rings. The topological polar surface area (TPSA) is 99.2 Å². The standard InChI is InChI=1S/C32H35N3O5/c1-3-35(22(2)29(36)37)30(38)32(17-18-34(21-32)19-23-11-5-4-6-12-23)33-31(39)40-20-28-26-15-9-7-13-24(26)25-14-8-10-16-27(25)28/h4-16,22,28H,3,17-21H2,1-2H3,(H,33,39)(H,36,37). The number of hydrogen-bond donors (Lipinski definition) is 2. The van der Waals surface area contributed by atoms with Gasteiger partial charge in [0, 0.05) is 32.1 Å². The summed E-state index contributed by atoms with van der Waals surface area (Å²) < 4.78 is 5.80. The predicted molar refractivity (Wildman–Crippen MR) is 152 cm³/mol. The normalized spacial score (nSPS) is 18.9. The summed E-state index contributed by atoms with van der Waals surface area (Å²) in [6.45, 7) is 5.01. The van der Waals surface area contributed by atoms with Gasteiger partial charge in [-0.05, 0) is 48.1 Å². The van der Waals surface area contributed by atoms with Crippen LogP contribution in [0.1, 0.15) is 42.9 Å². The number of nitrogens with zero attached hydrogens (tertiary/aromatic N) is 2. The van der Waals surface area contributed by atoms with Crippen LogP contribution in [0.3, 0.4) is 0 Å². The molecular formula is C32H35N3O5. The number of rotatable bonds is 9. The fourth-order valence-corrected chi connectivity index (χ4v) is 6.03. The summed E-state index contributed by atoms with van der Waals surface area (Å²) in [7, 11) is 0. The number of amides is 2. The van der Waals surface area contributed by atoms with E-state index in [1.165, 1.54) is 11.8 Å². The van der Waals surface area contributed by atoms with Crippen molar-refractivity contribution in [2.45, 2.75) is 44.3 Å². The molecule has 1 fully saturated rings. The van der Waals surface area contributed by atoms with Crippen molar-refractivity contribution < 1.29 is 24.2 Å². The number of carboxylic acids is 1. The summed E-state index contributed by atoms with van der Waals surface area (Å²) in [5.74, 6) is -1.61. The second kappa shape index (κ2) is 11.5. The highest BCUT2D eigenvalue weighted by Crippen LogP contribution is 2.44. The number of aliphatic carboxylic acids is 1. The number of likely N-dealkylation sites (N-methyl/N-ethyl adjacent to an activating group) is 1. The van der Waals surface area contributed by atoms with Gasteiger partial charge < -0.3 is 20.1 Å². The minimum absolute atomic E-state index is 0.109. The van der Waals surface area contributed by atoms with Crippen LogP contribution in [-0.4, -0.2) is 70.7 Å². The fourth-order valence-electron chi connectivity index (χ4n) is 6.03. The van der Waals surface area contributed by atoms with Crippen LogP contribution >= 0.6 is 0 Å². The number of ether oxygens (including phenoxy) is 1. The number of fused-ring (bicyclic) bond motifs is 3. The van der Waals surface area contributed by atoms with Crippen LogP contribution in [0.4, 0.5) is 4.79 Å². The van der Waals surface area contributed by atoms with Crippen LogP contribution in [-0.2, 0) is 20.9 Å². The van der Waals surface area contributed by atoms with E-state index >= 15 is 0 Å². The highest BCUT2D eigenvalue weighted by Gasteiger charge is 2.49. The third kappa shape index (κ3) is 5.31. The third-order valence-corrected chi connectivity index (χ3v) is 8.12. The van der Waals surface area contributed by atoms with Crippen LogP contribution in [0.5, 0.6) is 0 Å². The van der Waals surface area contributed by atoms with Crippen molar-refractivity contribution in [3.05, 3.63) is 95.6 Å². The van der Waals surface area contributed by atoms with E-state index in [9.17, 15) is 19.5 Å². The number of carboxylic acid groups (broad SMARTS) is 1. The number of carbonyl (C=O) groups is 3. The Kier molecular flexibility index (Phi) is 7.89. The summed E-state index contributed by atoms with van der Waals surface area (Å²) in [6.07, 6.45) is -0.332. The lowest BCUT2D eigenvalue weighted by molar-refractivity contribution is -0.152. The molecule has 1 aliphatic heterocycles. The lowest BCUT2D eigenvalue weighted by atomic mass is 9.95. The van der Waals surface area contributed by atoms with Gasteiger partial charge in [-0.25, -0.2) is 9.59 Å². The first-order valence-electron chi connectivity index (χ1n) is 13.8. The average Bonchev–Trinajstić information content (AvgIpc) is 3.52. The molecule has 40 heavy (non-hydrogen) atoms. The maximum absolute atomic E-state index is 13.9. The Hall–Kier alpha value is -4.17. The van der Waals surface area contributed by atoms with Crippen molar-refractivity contribution in [2.24, 2.45) is 0 Å². The number of nitrogens with one attached hydrogen (secondary N) is 1. The van der Waals surface area contributed by atoms with E-state index < -0.39 is 29.6 Å². The van der Waals surface area contributed by atoms with Crippen LogP contribution in [0.25, 0.3) is 11.1 Å². The SMILES string of the molecule is CCN(C(=O)C1(NC(=O)OCC2c3ccccc3-c3ccccc32)CCN(Cc2ccccc2)C1)C(C)C(=O)O. The lowest BCUT2D eigenvalue weighted by Gasteiger charge is -2.36. The first-order valence-corrected chi connectivity index (χ1v) is 13.8. The molecule has 0 radical (unpaired) electrons. The Morgan fingerprint density at radius 1 is 1.00 bits per heavy atom. The van der Waals surface area contributed by atoms with E-state index in [0.717, 1.165) is 27.8 Å². The van der Waals surface area contributed by atoms with Gasteiger partial charge in [-0.2, -0.15) is 0 Å². The molecule has 0 spiro atoms. The fraction of sp³-hybridized carbons (Fsp3) is 0.344. The van der Waals surface area contributed by atoms with Crippen molar-refractivity contribution in [1.82, 2.24) is 15.1 Å². The van der Waals surface area contributed by atoms with Gasteiger partial charge in [0.25, 0.3) is 5.91 Å². The van der Waals surface area contributed by atoms with Gasteiger partial charge in [-0.3, -0.25) is 9.69 Å². The predicted octanol–water partition coefficient (Wildman–Crippen LogP) is 4.49. The maximum atomic E-state index is 13.9. The van der Waals surface area contributed by atoms with E-state index in [1.54, 1.807) is 6.92 Å². The van der Waals surface area contributed by atoms with E-state index in [4.69, 9.17) is 4.74 Å². The molecule has 1 aliphatic carbocycles. The molecule has 208 valence electrons. The number of likely N-dealkylation sites (tertiary alicyclic amines) is 1. The molecule has 8 heteroatoms. The van der Waals surface area contributed by atoms with Crippen LogP contribution in [0, 0.1) is 0 Å². The highest BCUT2D eigenvalue weighted by molar-refractivity contribution is 5.93. The minimum Gasteiger partial charge on any atom is -0.480 e. The van der Waals surface area contributed by atoms with Crippen molar-refractivity contribution in [2.75, 3.05) is 26.2 Å². The molecule has 1 saturated heterocycles. The lowest BCUT2D eigenvalue weighted by Crippen LogP contribution is -2.63. The molecule has 0 bridgehead atoms. The Bertz CT molecular complexity index is 1350. The molecule has 1 heterocycles. The molecule has 2 atom stereocenters. The Labute approximate surface area is 234 Å². The number of alkyl carbamates (subject to hydrolysis) is 1. The van der Waals surface area contributed by atoms with Gasteiger partial charge in [0.2, 0.25) is 0 Å². The van der Waals surface area contributed by atoms with Crippen molar-refractivity contribution in [3.8, 4) is 11.1 Å². The van der Waals surface area contributed by atoms with Gasteiger partial charge in [-0.1, -0.05) is 78.9 Å². The second-order valence-electron chi connectivity index (χ2n) is 10.6. The van der Waals surface area contributed by atoms with Crippen molar-refractivity contribution in [1.29, 1.82) is 0 Å². The number of benzene rings is 3. The summed E-state index contributed by atoms with van der Waals surface area (Å²) >= 11 is 0. The molecule has 2 N–H and O–H groups in total.